The standard InChI is InChI=1S/C37H48N2O6SSi/c1-26(2)34(40)32-24-28-23-27(33(46(8,42)43)25-31(28)39(32)22-21-38-35(41)45-36(3,4)5)19-20-37(6,7)47(44,29-15-11-9-12-16-29)30-17-13-10-14-18-30/h9-18,23-26,44H,19-22H2,1-8H3,(H,38,41). The second kappa shape index (κ2) is 13.8. The molecule has 3 aromatic carbocycles. The van der Waals surface area contributed by atoms with Crippen molar-refractivity contribution >= 4 is 51.3 Å². The van der Waals surface area contributed by atoms with E-state index in [1.165, 1.54) is 6.26 Å². The molecule has 4 rings (SSSR count). The highest BCUT2D eigenvalue weighted by molar-refractivity contribution is 7.90. The number of alkyl carbamates (subject to hydrolysis) is 1. The third kappa shape index (κ3) is 8.05. The van der Waals surface area contributed by atoms with Gasteiger partial charge in [0.2, 0.25) is 0 Å². The third-order valence-corrected chi connectivity index (χ3v) is 14.4. The number of benzene rings is 3. The van der Waals surface area contributed by atoms with Gasteiger partial charge in [-0.2, -0.15) is 0 Å². The smallest absolute Gasteiger partial charge is 0.407 e. The number of ether oxygens (including phenoxy) is 1. The Morgan fingerprint density at radius 3 is 1.96 bits per heavy atom. The van der Waals surface area contributed by atoms with E-state index in [4.69, 9.17) is 4.74 Å². The van der Waals surface area contributed by atoms with E-state index in [0.29, 0.717) is 29.6 Å². The zero-order valence-corrected chi connectivity index (χ0v) is 30.6. The lowest BCUT2D eigenvalue weighted by Gasteiger charge is -2.41. The number of hydrogen-bond acceptors (Lipinski definition) is 6. The van der Waals surface area contributed by atoms with Crippen molar-refractivity contribution in [1.82, 2.24) is 9.88 Å². The monoisotopic (exact) mass is 676 g/mol. The summed E-state index contributed by atoms with van der Waals surface area (Å²) in [6.45, 7) is 13.5. The van der Waals surface area contributed by atoms with Crippen molar-refractivity contribution in [2.45, 2.75) is 83.4 Å². The van der Waals surface area contributed by atoms with E-state index >= 15 is 0 Å². The van der Waals surface area contributed by atoms with Gasteiger partial charge in [0.15, 0.2) is 15.6 Å². The average molecular weight is 677 g/mol. The highest BCUT2D eigenvalue weighted by atomic mass is 32.2. The van der Waals surface area contributed by atoms with E-state index < -0.39 is 34.9 Å². The Labute approximate surface area is 280 Å². The van der Waals surface area contributed by atoms with E-state index in [0.717, 1.165) is 15.8 Å². The molecule has 0 atom stereocenters. The van der Waals surface area contributed by atoms with Gasteiger partial charge in [-0.25, -0.2) is 13.2 Å². The van der Waals surface area contributed by atoms with Crippen LogP contribution in [0, 0.1) is 5.92 Å². The lowest BCUT2D eigenvalue weighted by molar-refractivity contribution is 0.0526. The Kier molecular flexibility index (Phi) is 10.6. The van der Waals surface area contributed by atoms with Crippen LogP contribution in [-0.2, 0) is 27.5 Å². The van der Waals surface area contributed by atoms with Crippen LogP contribution < -0.4 is 15.7 Å². The molecule has 252 valence electrons. The Bertz CT molecular complexity index is 1800. The molecule has 8 nitrogen and oxygen atoms in total. The van der Waals surface area contributed by atoms with Gasteiger partial charge in [-0.3, -0.25) is 4.79 Å². The number of aromatic nitrogens is 1. The maximum absolute atomic E-state index is 13.3. The summed E-state index contributed by atoms with van der Waals surface area (Å²) in [5, 5.41) is 4.68. The predicted octanol–water partition coefficient (Wildman–Crippen LogP) is 5.87. The molecule has 0 radical (unpaired) electrons. The quantitative estimate of drug-likeness (QED) is 0.143. The summed E-state index contributed by atoms with van der Waals surface area (Å²) < 4.78 is 33.7. The highest BCUT2D eigenvalue weighted by Gasteiger charge is 2.49. The molecule has 2 N–H and O–H groups in total. The second-order valence-corrected chi connectivity index (χ2v) is 20.2. The molecule has 0 aliphatic carbocycles. The minimum Gasteiger partial charge on any atom is -0.444 e. The zero-order chi connectivity index (χ0) is 34.8. The van der Waals surface area contributed by atoms with Gasteiger partial charge in [-0.1, -0.05) is 88.4 Å². The van der Waals surface area contributed by atoms with Gasteiger partial charge in [0.05, 0.1) is 10.6 Å². The number of nitrogens with zero attached hydrogens (tertiary/aromatic N) is 1. The van der Waals surface area contributed by atoms with Crippen molar-refractivity contribution in [2.24, 2.45) is 5.92 Å². The first kappa shape index (κ1) is 36.1. The number of carbonyl (C=O) groups is 2. The van der Waals surface area contributed by atoms with Crippen LogP contribution in [0.5, 0.6) is 0 Å². The lowest BCUT2D eigenvalue weighted by Crippen LogP contribution is -2.65. The summed E-state index contributed by atoms with van der Waals surface area (Å²) in [4.78, 5) is 38.5. The summed E-state index contributed by atoms with van der Waals surface area (Å²) in [5.74, 6) is -0.367. The van der Waals surface area contributed by atoms with Crippen molar-refractivity contribution < 1.29 is 27.5 Å². The number of hydrogen-bond donors (Lipinski definition) is 2. The molecular weight excluding hydrogens is 629 g/mol. The molecule has 4 aromatic rings. The Hall–Kier alpha value is -3.73. The maximum atomic E-state index is 13.3. The second-order valence-electron chi connectivity index (χ2n) is 14.2. The summed E-state index contributed by atoms with van der Waals surface area (Å²) in [7, 11) is -6.98. The summed E-state index contributed by atoms with van der Waals surface area (Å²) in [6.07, 6.45) is 1.55. The van der Waals surface area contributed by atoms with Crippen LogP contribution in [0.2, 0.25) is 5.04 Å². The molecule has 0 aliphatic heterocycles. The number of Topliss-reactive ketones (excluding diaryl/α,β-unsaturated/α-hetero) is 1. The van der Waals surface area contributed by atoms with Crippen LogP contribution in [0.15, 0.2) is 83.8 Å². The number of aryl methyl sites for hydroxylation is 1. The van der Waals surface area contributed by atoms with E-state index in [1.807, 2.05) is 86.6 Å². The van der Waals surface area contributed by atoms with Crippen LogP contribution in [0.1, 0.15) is 70.9 Å². The fourth-order valence-corrected chi connectivity index (χ4v) is 10.8. The minimum absolute atomic E-state index is 0.0798. The van der Waals surface area contributed by atoms with Crippen molar-refractivity contribution in [3.05, 3.63) is 90.1 Å². The van der Waals surface area contributed by atoms with Crippen LogP contribution in [0.3, 0.4) is 0 Å². The van der Waals surface area contributed by atoms with Crippen LogP contribution in [-0.4, -0.2) is 56.4 Å². The predicted molar refractivity (Wildman–Crippen MR) is 191 cm³/mol. The van der Waals surface area contributed by atoms with Crippen LogP contribution >= 0.6 is 0 Å². The molecule has 10 heteroatoms. The molecular formula is C37H48N2O6SSi. The minimum atomic E-state index is -3.67. The SMILES string of the molecule is CC(C)C(=O)c1cc2cc(CCC(C)(C)[Si](O)(c3ccccc3)c3ccccc3)c(S(C)(=O)=O)cc2n1CCNC(=O)OC(C)(C)C. The number of amides is 1. The molecule has 0 spiro atoms. The Balaban J connectivity index is 1.75. The van der Waals surface area contributed by atoms with E-state index in [-0.39, 0.29) is 29.7 Å². The summed E-state index contributed by atoms with van der Waals surface area (Å²) in [5.41, 5.74) is 1.03. The number of fused-ring (bicyclic) bond motifs is 1. The van der Waals surface area contributed by atoms with Crippen LogP contribution in [0.4, 0.5) is 4.79 Å². The van der Waals surface area contributed by atoms with Crippen molar-refractivity contribution in [3.63, 3.8) is 0 Å². The van der Waals surface area contributed by atoms with Crippen LogP contribution in [0.25, 0.3) is 10.9 Å². The van der Waals surface area contributed by atoms with Gasteiger partial charge >= 0.3 is 6.09 Å². The first-order valence-corrected chi connectivity index (χ1v) is 19.9. The molecule has 1 aromatic heterocycles. The number of rotatable bonds is 12. The van der Waals surface area contributed by atoms with Gasteiger partial charge in [-0.15, -0.1) is 0 Å². The van der Waals surface area contributed by atoms with Gasteiger partial charge in [0.25, 0.3) is 8.32 Å². The molecule has 1 heterocycles. The Morgan fingerprint density at radius 2 is 1.47 bits per heavy atom. The Morgan fingerprint density at radius 1 is 0.915 bits per heavy atom. The summed E-state index contributed by atoms with van der Waals surface area (Å²) >= 11 is 0. The van der Waals surface area contributed by atoms with Gasteiger partial charge in [0.1, 0.15) is 5.60 Å². The number of carbonyl (C=O) groups excluding carboxylic acids is 2. The van der Waals surface area contributed by atoms with E-state index in [1.54, 1.807) is 31.4 Å². The normalized spacial score (nSPS) is 12.8. The molecule has 0 fully saturated rings. The van der Waals surface area contributed by atoms with Gasteiger partial charge < -0.3 is 19.4 Å². The summed E-state index contributed by atoms with van der Waals surface area (Å²) in [6, 6.07) is 24.8. The average Bonchev–Trinajstić information content (AvgIpc) is 3.35. The lowest BCUT2D eigenvalue weighted by atomic mass is 10.0. The molecule has 47 heavy (non-hydrogen) atoms. The molecule has 0 aliphatic rings. The fourth-order valence-electron chi connectivity index (χ4n) is 6.14. The molecule has 1 amide bonds. The van der Waals surface area contributed by atoms with Gasteiger partial charge in [0, 0.05) is 36.2 Å². The first-order chi connectivity index (χ1) is 21.8. The van der Waals surface area contributed by atoms with E-state index in [2.05, 4.69) is 19.2 Å². The number of sulfone groups is 1. The number of nitrogens with one attached hydrogen (secondary N) is 1. The van der Waals surface area contributed by atoms with Gasteiger partial charge in [-0.05, 0) is 72.8 Å². The molecule has 0 saturated carbocycles. The fraction of sp³-hybridized carbons (Fsp3) is 0.405. The molecule has 0 bridgehead atoms. The van der Waals surface area contributed by atoms with Crippen molar-refractivity contribution in [2.75, 3.05) is 12.8 Å². The third-order valence-electron chi connectivity index (χ3n) is 8.65. The van der Waals surface area contributed by atoms with Crippen molar-refractivity contribution in [1.29, 1.82) is 0 Å². The maximum Gasteiger partial charge on any atom is 0.407 e. The highest BCUT2D eigenvalue weighted by Crippen LogP contribution is 2.41. The van der Waals surface area contributed by atoms with E-state index in [9.17, 15) is 22.8 Å². The molecule has 0 unspecified atom stereocenters. The number of ketones is 1. The largest absolute Gasteiger partial charge is 0.444 e. The topological polar surface area (TPSA) is 115 Å². The molecule has 0 saturated heterocycles. The van der Waals surface area contributed by atoms with Crippen molar-refractivity contribution in [3.8, 4) is 0 Å². The first-order valence-electron chi connectivity index (χ1n) is 16.1. The zero-order valence-electron chi connectivity index (χ0n) is 28.8.